The molecule has 0 heterocycles. The van der Waals surface area contributed by atoms with Gasteiger partial charge in [-0.2, -0.15) is 0 Å². The van der Waals surface area contributed by atoms with Gasteiger partial charge in [-0.05, 0) is 38.0 Å². The van der Waals surface area contributed by atoms with Crippen LogP contribution in [-0.4, -0.2) is 25.6 Å². The number of carbonyl (C=O) groups excluding carboxylic acids is 2. The van der Waals surface area contributed by atoms with Gasteiger partial charge in [-0.1, -0.05) is 19.3 Å². The van der Waals surface area contributed by atoms with Crippen LogP contribution >= 0.6 is 0 Å². The number of ketones is 1. The number of carbonyl (C=O) groups is 2. The third-order valence-electron chi connectivity index (χ3n) is 3.97. The molecule has 0 aromatic heterocycles. The van der Waals surface area contributed by atoms with Crippen molar-refractivity contribution < 1.29 is 19.1 Å². The molecule has 1 aromatic carbocycles. The highest BCUT2D eigenvalue weighted by atomic mass is 16.5. The fourth-order valence-corrected chi connectivity index (χ4v) is 2.84. The highest BCUT2D eigenvalue weighted by Crippen LogP contribution is 2.30. The number of hydrogen-bond donors (Lipinski definition) is 1. The molecule has 1 aliphatic rings. The van der Waals surface area contributed by atoms with E-state index in [0.29, 0.717) is 17.0 Å². The second-order valence-electron chi connectivity index (χ2n) is 5.46. The van der Waals surface area contributed by atoms with E-state index in [4.69, 9.17) is 9.47 Å². The van der Waals surface area contributed by atoms with E-state index >= 15 is 0 Å². The Balaban J connectivity index is 2.18. The number of hydrogen-bond acceptors (Lipinski definition) is 4. The van der Waals surface area contributed by atoms with Crippen molar-refractivity contribution in [1.82, 2.24) is 0 Å². The molecule has 120 valence electrons. The molecule has 1 amide bonds. The Kier molecular flexibility index (Phi) is 5.81. The zero-order chi connectivity index (χ0) is 15.9. The van der Waals surface area contributed by atoms with Crippen LogP contribution in [0.2, 0.25) is 0 Å². The largest absolute Gasteiger partial charge is 0.495 e. The van der Waals surface area contributed by atoms with Gasteiger partial charge >= 0.3 is 6.09 Å². The van der Waals surface area contributed by atoms with Gasteiger partial charge < -0.3 is 9.47 Å². The fourth-order valence-electron chi connectivity index (χ4n) is 2.84. The molecule has 1 fully saturated rings. The van der Waals surface area contributed by atoms with Gasteiger partial charge in [-0.25, -0.2) is 4.79 Å². The topological polar surface area (TPSA) is 64.6 Å². The molecule has 0 aliphatic heterocycles. The van der Waals surface area contributed by atoms with Crippen molar-refractivity contribution in [3.05, 3.63) is 23.8 Å². The molecular weight excluding hydrogens is 282 g/mol. The Morgan fingerprint density at radius 1 is 1.23 bits per heavy atom. The monoisotopic (exact) mass is 305 g/mol. The highest BCUT2D eigenvalue weighted by Gasteiger charge is 2.23. The quantitative estimate of drug-likeness (QED) is 0.834. The molecule has 5 nitrogen and oxygen atoms in total. The van der Waals surface area contributed by atoms with Gasteiger partial charge in [0.2, 0.25) is 0 Å². The molecule has 0 bridgehead atoms. The van der Waals surface area contributed by atoms with E-state index < -0.39 is 6.09 Å². The summed E-state index contributed by atoms with van der Waals surface area (Å²) in [6.07, 6.45) is 4.78. The summed E-state index contributed by atoms with van der Waals surface area (Å²) in [7, 11) is 1.52. The summed E-state index contributed by atoms with van der Waals surface area (Å²) in [5, 5.41) is 2.62. The second kappa shape index (κ2) is 7.82. The van der Waals surface area contributed by atoms with Gasteiger partial charge in [0, 0.05) is 11.5 Å². The Hall–Kier alpha value is -2.04. The zero-order valence-corrected chi connectivity index (χ0v) is 13.2. The Bertz CT molecular complexity index is 535. The first-order valence-corrected chi connectivity index (χ1v) is 7.81. The molecule has 0 saturated heterocycles. The average Bonchev–Trinajstić information content (AvgIpc) is 2.55. The van der Waals surface area contributed by atoms with Crippen molar-refractivity contribution in [2.75, 3.05) is 19.0 Å². The van der Waals surface area contributed by atoms with Crippen LogP contribution in [-0.2, 0) is 4.74 Å². The smallest absolute Gasteiger partial charge is 0.411 e. The van der Waals surface area contributed by atoms with Crippen LogP contribution in [0.3, 0.4) is 0 Å². The van der Waals surface area contributed by atoms with Crippen LogP contribution in [0.15, 0.2) is 18.2 Å². The molecule has 5 heteroatoms. The lowest BCUT2D eigenvalue weighted by Crippen LogP contribution is -2.19. The molecule has 2 rings (SSSR count). The van der Waals surface area contributed by atoms with Crippen molar-refractivity contribution in [2.45, 2.75) is 39.0 Å². The maximum absolute atomic E-state index is 12.6. The molecule has 22 heavy (non-hydrogen) atoms. The van der Waals surface area contributed by atoms with Crippen LogP contribution < -0.4 is 10.1 Å². The number of rotatable bonds is 5. The summed E-state index contributed by atoms with van der Waals surface area (Å²) < 4.78 is 10.1. The molecule has 0 radical (unpaired) electrons. The van der Waals surface area contributed by atoms with E-state index in [-0.39, 0.29) is 18.3 Å². The van der Waals surface area contributed by atoms with Gasteiger partial charge in [-0.15, -0.1) is 0 Å². The average molecular weight is 305 g/mol. The Morgan fingerprint density at radius 3 is 2.59 bits per heavy atom. The van der Waals surface area contributed by atoms with E-state index in [1.165, 1.54) is 13.5 Å². The van der Waals surface area contributed by atoms with E-state index in [2.05, 4.69) is 5.32 Å². The minimum absolute atomic E-state index is 0.0950. The second-order valence-corrected chi connectivity index (χ2v) is 5.46. The molecule has 1 aromatic rings. The Labute approximate surface area is 131 Å². The minimum atomic E-state index is -0.553. The number of anilines is 1. The van der Waals surface area contributed by atoms with Crippen LogP contribution in [0.4, 0.5) is 10.5 Å². The molecule has 0 atom stereocenters. The van der Waals surface area contributed by atoms with Gasteiger partial charge in [0.1, 0.15) is 5.75 Å². The number of amides is 1. The predicted molar refractivity (Wildman–Crippen MR) is 84.5 cm³/mol. The molecular formula is C17H23NO4. The first kappa shape index (κ1) is 16.3. The maximum atomic E-state index is 12.6. The number of nitrogens with one attached hydrogen (secondary N) is 1. The van der Waals surface area contributed by atoms with Crippen LogP contribution in [0.1, 0.15) is 49.4 Å². The normalized spacial score (nSPS) is 15.2. The number of Topliss-reactive ketones (excluding diaryl/α,β-unsaturated/α-hetero) is 1. The third-order valence-corrected chi connectivity index (χ3v) is 3.97. The van der Waals surface area contributed by atoms with E-state index in [0.717, 1.165) is 25.7 Å². The molecule has 1 aliphatic carbocycles. The van der Waals surface area contributed by atoms with Crippen LogP contribution in [0, 0.1) is 5.92 Å². The van der Waals surface area contributed by atoms with Crippen molar-refractivity contribution in [2.24, 2.45) is 5.92 Å². The maximum Gasteiger partial charge on any atom is 0.411 e. The van der Waals surface area contributed by atoms with E-state index in [1.807, 2.05) is 0 Å². The predicted octanol–water partition coefficient (Wildman–Crippen LogP) is 4.03. The number of benzene rings is 1. The third kappa shape index (κ3) is 4.00. The summed E-state index contributed by atoms with van der Waals surface area (Å²) in [5.41, 5.74) is 1.07. The molecule has 1 N–H and O–H groups in total. The lowest BCUT2D eigenvalue weighted by atomic mass is 9.84. The van der Waals surface area contributed by atoms with Crippen molar-refractivity contribution in [3.63, 3.8) is 0 Å². The zero-order valence-electron chi connectivity index (χ0n) is 13.2. The first-order valence-electron chi connectivity index (χ1n) is 7.81. The summed E-state index contributed by atoms with van der Waals surface area (Å²) >= 11 is 0. The molecule has 0 spiro atoms. The van der Waals surface area contributed by atoms with E-state index in [9.17, 15) is 9.59 Å². The van der Waals surface area contributed by atoms with Crippen molar-refractivity contribution >= 4 is 17.6 Å². The van der Waals surface area contributed by atoms with Gasteiger partial charge in [0.15, 0.2) is 5.78 Å². The van der Waals surface area contributed by atoms with Gasteiger partial charge in [-0.3, -0.25) is 10.1 Å². The summed E-state index contributed by atoms with van der Waals surface area (Å²) in [4.78, 5) is 24.2. The summed E-state index contributed by atoms with van der Waals surface area (Å²) in [6.45, 7) is 2.02. The number of methoxy groups -OCH3 is 1. The van der Waals surface area contributed by atoms with E-state index in [1.54, 1.807) is 25.1 Å². The Morgan fingerprint density at radius 2 is 1.95 bits per heavy atom. The standard InChI is InChI=1S/C17H23NO4/c1-3-22-17(20)18-14-11-13(9-10-15(14)21-2)16(19)12-7-5-4-6-8-12/h9-12H,3-8H2,1-2H3,(H,18,20). The van der Waals surface area contributed by atoms with Crippen molar-refractivity contribution in [1.29, 1.82) is 0 Å². The van der Waals surface area contributed by atoms with Crippen molar-refractivity contribution in [3.8, 4) is 5.75 Å². The summed E-state index contributed by atoms with van der Waals surface area (Å²) in [6, 6.07) is 5.14. The SMILES string of the molecule is CCOC(=O)Nc1cc(C(=O)C2CCCCC2)ccc1OC. The highest BCUT2D eigenvalue weighted by molar-refractivity contribution is 6.00. The minimum Gasteiger partial charge on any atom is -0.495 e. The summed E-state index contributed by atoms with van der Waals surface area (Å²) in [5.74, 6) is 0.750. The van der Waals surface area contributed by atoms with Crippen LogP contribution in [0.5, 0.6) is 5.75 Å². The van der Waals surface area contributed by atoms with Crippen LogP contribution in [0.25, 0.3) is 0 Å². The number of ether oxygens (including phenoxy) is 2. The lowest BCUT2D eigenvalue weighted by Gasteiger charge is -2.21. The van der Waals surface area contributed by atoms with Gasteiger partial charge in [0.25, 0.3) is 0 Å². The first-order chi connectivity index (χ1) is 10.7. The fraction of sp³-hybridized carbons (Fsp3) is 0.529. The molecule has 0 unspecified atom stereocenters. The lowest BCUT2D eigenvalue weighted by molar-refractivity contribution is 0.0889. The van der Waals surface area contributed by atoms with Gasteiger partial charge in [0.05, 0.1) is 19.4 Å². The molecule has 1 saturated carbocycles.